The van der Waals surface area contributed by atoms with Crippen LogP contribution < -0.4 is 0 Å². The van der Waals surface area contributed by atoms with Gasteiger partial charge in [0.2, 0.25) is 0 Å². The number of nitrogens with zero attached hydrogens (tertiary/aromatic N) is 1. The zero-order valence-electron chi connectivity index (χ0n) is 12.6. The van der Waals surface area contributed by atoms with Crippen LogP contribution in [0.3, 0.4) is 0 Å². The van der Waals surface area contributed by atoms with Crippen LogP contribution in [-0.4, -0.2) is 24.6 Å². The van der Waals surface area contributed by atoms with Gasteiger partial charge in [0.25, 0.3) is 0 Å². The fourth-order valence-corrected chi connectivity index (χ4v) is 2.90. The lowest BCUT2D eigenvalue weighted by Crippen LogP contribution is -1.96. The molecule has 0 saturated heterocycles. The smallest absolute Gasteiger partial charge is 0.190 e. The van der Waals surface area contributed by atoms with E-state index in [-0.39, 0.29) is 5.03 Å². The van der Waals surface area contributed by atoms with E-state index in [1.807, 2.05) is 54.7 Å². The number of nitrogens with one attached hydrogen (secondary N) is 1. The summed E-state index contributed by atoms with van der Waals surface area (Å²) in [6.45, 7) is 0. The fraction of sp³-hybridized carbons (Fsp3) is 0.0556. The number of hydrogen-bond donors (Lipinski definition) is 1. The van der Waals surface area contributed by atoms with Gasteiger partial charge in [0.05, 0.1) is 5.52 Å². The normalized spacial score (nSPS) is 11.2. The molecule has 5 heteroatoms. The number of H-pyrrole nitrogens is 1. The molecule has 4 aromatic rings. The summed E-state index contributed by atoms with van der Waals surface area (Å²) >= 11 is 0. The first-order valence-corrected chi connectivity index (χ1v) is 9.01. The number of benzene rings is 2. The standard InChI is InChI=1S/C9H9NO2S.C9H7N/c1-13(11,12)9-6-7-4-2-3-5-8(7)10-9;1-2-6-9-8(4-1)5-3-7-10-9/h2-6,10H,1H3;1-7H. The van der Waals surface area contributed by atoms with Crippen molar-refractivity contribution in [2.45, 2.75) is 5.03 Å². The van der Waals surface area contributed by atoms with E-state index in [0.717, 1.165) is 16.4 Å². The molecule has 2 heterocycles. The van der Waals surface area contributed by atoms with Crippen molar-refractivity contribution in [1.82, 2.24) is 9.97 Å². The molecule has 0 bridgehead atoms. The zero-order chi connectivity index (χ0) is 16.3. The Labute approximate surface area is 134 Å². The molecule has 0 radical (unpaired) electrons. The largest absolute Gasteiger partial charge is 0.346 e. The maximum Gasteiger partial charge on any atom is 0.190 e. The number of para-hydroxylation sites is 2. The van der Waals surface area contributed by atoms with E-state index in [1.165, 1.54) is 11.6 Å². The van der Waals surface area contributed by atoms with Gasteiger partial charge in [0, 0.05) is 28.7 Å². The molecule has 0 aliphatic heterocycles. The lowest BCUT2D eigenvalue weighted by Gasteiger charge is -1.91. The summed E-state index contributed by atoms with van der Waals surface area (Å²) in [4.78, 5) is 7.03. The number of hydrogen-bond acceptors (Lipinski definition) is 3. The number of rotatable bonds is 1. The number of pyridine rings is 1. The first-order valence-electron chi connectivity index (χ1n) is 7.11. The Morgan fingerprint density at radius 2 is 1.52 bits per heavy atom. The van der Waals surface area contributed by atoms with Crippen molar-refractivity contribution in [3.05, 3.63) is 72.9 Å². The predicted molar refractivity (Wildman–Crippen MR) is 93.2 cm³/mol. The van der Waals surface area contributed by atoms with E-state index in [0.29, 0.717) is 0 Å². The van der Waals surface area contributed by atoms with E-state index in [9.17, 15) is 8.42 Å². The van der Waals surface area contributed by atoms with Gasteiger partial charge in [-0.15, -0.1) is 0 Å². The zero-order valence-corrected chi connectivity index (χ0v) is 13.4. The van der Waals surface area contributed by atoms with Gasteiger partial charge in [-0.3, -0.25) is 4.98 Å². The van der Waals surface area contributed by atoms with Crippen molar-refractivity contribution in [3.63, 3.8) is 0 Å². The summed E-state index contributed by atoms with van der Waals surface area (Å²) in [6, 6.07) is 21.2. The topological polar surface area (TPSA) is 62.8 Å². The second-order valence-electron chi connectivity index (χ2n) is 5.19. The molecule has 0 atom stereocenters. The number of aromatic nitrogens is 2. The lowest BCUT2D eigenvalue weighted by molar-refractivity contribution is 0.599. The molecule has 0 saturated carbocycles. The van der Waals surface area contributed by atoms with Crippen molar-refractivity contribution in [3.8, 4) is 0 Å². The molecule has 23 heavy (non-hydrogen) atoms. The van der Waals surface area contributed by atoms with E-state index >= 15 is 0 Å². The summed E-state index contributed by atoms with van der Waals surface area (Å²) in [5.74, 6) is 0. The van der Waals surface area contributed by atoms with Crippen LogP contribution in [0.4, 0.5) is 0 Å². The second-order valence-corrected chi connectivity index (χ2v) is 7.17. The Kier molecular flexibility index (Phi) is 4.12. The number of fused-ring (bicyclic) bond motifs is 2. The molecule has 2 aromatic heterocycles. The maximum absolute atomic E-state index is 11.2. The molecule has 0 aliphatic rings. The number of sulfone groups is 1. The third-order valence-corrected chi connectivity index (χ3v) is 4.44. The fourth-order valence-electron chi connectivity index (χ4n) is 2.26. The van der Waals surface area contributed by atoms with Gasteiger partial charge >= 0.3 is 0 Å². The molecular formula is C18H16N2O2S. The SMILES string of the molecule is CS(=O)(=O)c1cc2ccccc2[nH]1.c1ccc2ncccc2c1. The molecule has 2 aromatic carbocycles. The monoisotopic (exact) mass is 324 g/mol. The van der Waals surface area contributed by atoms with Gasteiger partial charge in [-0.05, 0) is 24.3 Å². The van der Waals surface area contributed by atoms with Gasteiger partial charge < -0.3 is 4.98 Å². The molecule has 0 amide bonds. The first-order chi connectivity index (χ1) is 11.0. The van der Waals surface area contributed by atoms with Gasteiger partial charge in [0.1, 0.15) is 5.03 Å². The lowest BCUT2D eigenvalue weighted by atomic mass is 10.2. The molecule has 116 valence electrons. The maximum atomic E-state index is 11.2. The molecule has 0 spiro atoms. The van der Waals surface area contributed by atoms with Crippen LogP contribution in [0.1, 0.15) is 0 Å². The molecular weight excluding hydrogens is 308 g/mol. The summed E-state index contributed by atoms with van der Waals surface area (Å²) in [7, 11) is -3.12. The van der Waals surface area contributed by atoms with E-state index in [2.05, 4.69) is 22.1 Å². The highest BCUT2D eigenvalue weighted by molar-refractivity contribution is 7.90. The van der Waals surface area contributed by atoms with Crippen molar-refractivity contribution in [2.75, 3.05) is 6.26 Å². The molecule has 1 N–H and O–H groups in total. The van der Waals surface area contributed by atoms with Crippen LogP contribution in [0.25, 0.3) is 21.8 Å². The van der Waals surface area contributed by atoms with Crippen molar-refractivity contribution in [2.24, 2.45) is 0 Å². The number of aromatic amines is 1. The highest BCUT2D eigenvalue weighted by Crippen LogP contribution is 2.17. The highest BCUT2D eigenvalue weighted by Gasteiger charge is 2.09. The van der Waals surface area contributed by atoms with Crippen LogP contribution in [0, 0.1) is 0 Å². The third-order valence-electron chi connectivity index (χ3n) is 3.42. The second kappa shape index (κ2) is 6.22. The summed E-state index contributed by atoms with van der Waals surface area (Å²) in [6.07, 6.45) is 3.00. The van der Waals surface area contributed by atoms with Crippen LogP contribution >= 0.6 is 0 Å². The average molecular weight is 324 g/mol. The highest BCUT2D eigenvalue weighted by atomic mass is 32.2. The summed E-state index contributed by atoms with van der Waals surface area (Å²) in [5.41, 5.74) is 1.91. The summed E-state index contributed by atoms with van der Waals surface area (Å²) < 4.78 is 22.3. The Morgan fingerprint density at radius 3 is 2.22 bits per heavy atom. The van der Waals surface area contributed by atoms with Gasteiger partial charge in [0.15, 0.2) is 9.84 Å². The van der Waals surface area contributed by atoms with Crippen molar-refractivity contribution >= 4 is 31.6 Å². The van der Waals surface area contributed by atoms with Crippen molar-refractivity contribution in [1.29, 1.82) is 0 Å². The minimum absolute atomic E-state index is 0.272. The summed E-state index contributed by atoms with van der Waals surface area (Å²) in [5, 5.41) is 2.39. The van der Waals surface area contributed by atoms with Crippen LogP contribution in [0.2, 0.25) is 0 Å². The Balaban J connectivity index is 0.000000140. The van der Waals surface area contributed by atoms with Gasteiger partial charge in [-0.1, -0.05) is 42.5 Å². The minimum Gasteiger partial charge on any atom is -0.346 e. The quantitative estimate of drug-likeness (QED) is 0.579. The Bertz CT molecular complexity index is 954. The van der Waals surface area contributed by atoms with Gasteiger partial charge in [-0.25, -0.2) is 8.42 Å². The van der Waals surface area contributed by atoms with Crippen LogP contribution in [0.5, 0.6) is 0 Å². The van der Waals surface area contributed by atoms with E-state index in [4.69, 9.17) is 0 Å². The predicted octanol–water partition coefficient (Wildman–Crippen LogP) is 3.81. The van der Waals surface area contributed by atoms with E-state index in [1.54, 1.807) is 6.07 Å². The van der Waals surface area contributed by atoms with Crippen molar-refractivity contribution < 1.29 is 8.42 Å². The molecule has 4 rings (SSSR count). The first kappa shape index (κ1) is 15.2. The minimum atomic E-state index is -3.12. The van der Waals surface area contributed by atoms with Gasteiger partial charge in [-0.2, -0.15) is 0 Å². The molecule has 4 nitrogen and oxygen atoms in total. The van der Waals surface area contributed by atoms with Crippen LogP contribution in [-0.2, 0) is 9.84 Å². The Hall–Kier alpha value is -2.66. The average Bonchev–Trinajstić information content (AvgIpc) is 3.00. The molecule has 0 unspecified atom stereocenters. The third kappa shape index (κ3) is 3.57. The molecule has 0 fully saturated rings. The molecule has 0 aliphatic carbocycles. The Morgan fingerprint density at radius 1 is 0.870 bits per heavy atom. The van der Waals surface area contributed by atoms with Crippen LogP contribution in [0.15, 0.2) is 78.0 Å². The van der Waals surface area contributed by atoms with E-state index < -0.39 is 9.84 Å².